The van der Waals surface area contributed by atoms with Gasteiger partial charge in [0.25, 0.3) is 5.91 Å². The largest absolute Gasteiger partial charge is 0.480 e. The predicted octanol–water partition coefficient (Wildman–Crippen LogP) is 3.95. The average molecular weight is 387 g/mol. The summed E-state index contributed by atoms with van der Waals surface area (Å²) in [7, 11) is 0. The fourth-order valence-corrected chi connectivity index (χ4v) is 2.80. The molecule has 0 saturated heterocycles. The van der Waals surface area contributed by atoms with Gasteiger partial charge in [0.1, 0.15) is 11.7 Å². The molecule has 0 aliphatic carbocycles. The number of rotatable bonds is 6. The predicted molar refractivity (Wildman–Crippen MR) is 113 cm³/mol. The van der Waals surface area contributed by atoms with Gasteiger partial charge in [0.15, 0.2) is 0 Å². The Morgan fingerprint density at radius 1 is 1.03 bits per heavy atom. The van der Waals surface area contributed by atoms with Crippen LogP contribution in [0.25, 0.3) is 0 Å². The maximum absolute atomic E-state index is 12.7. The van der Waals surface area contributed by atoms with Gasteiger partial charge in [-0.3, -0.25) is 14.8 Å². The summed E-state index contributed by atoms with van der Waals surface area (Å²) < 4.78 is 0. The molecule has 2 aromatic carbocycles. The Labute approximate surface area is 169 Å². The Bertz CT molecular complexity index is 1050. The van der Waals surface area contributed by atoms with Gasteiger partial charge in [-0.1, -0.05) is 48.5 Å². The van der Waals surface area contributed by atoms with Crippen molar-refractivity contribution in [2.45, 2.75) is 19.9 Å². The van der Waals surface area contributed by atoms with Crippen LogP contribution < -0.4 is 5.32 Å². The van der Waals surface area contributed by atoms with E-state index < -0.39 is 12.0 Å². The number of pyridine rings is 1. The molecule has 6 heteroatoms. The van der Waals surface area contributed by atoms with Crippen molar-refractivity contribution >= 4 is 23.3 Å². The number of hydrogen-bond acceptors (Lipinski definition) is 4. The molecule has 0 aliphatic heterocycles. The number of aliphatic imine (C=N–C) groups is 1. The number of nitrogens with zero attached hydrogens (tertiary/aromatic N) is 2. The van der Waals surface area contributed by atoms with Crippen molar-refractivity contribution in [2.75, 3.05) is 5.32 Å². The first-order valence-corrected chi connectivity index (χ1v) is 9.15. The van der Waals surface area contributed by atoms with E-state index in [1.165, 1.54) is 6.92 Å². The van der Waals surface area contributed by atoms with E-state index >= 15 is 0 Å². The molecule has 0 spiro atoms. The van der Waals surface area contributed by atoms with Crippen molar-refractivity contribution in [3.63, 3.8) is 0 Å². The minimum Gasteiger partial charge on any atom is -0.480 e. The zero-order chi connectivity index (χ0) is 20.8. The number of aryl methyl sites for hydroxylation is 1. The average Bonchev–Trinajstić information content (AvgIpc) is 2.73. The molecular formula is C23H21N3O3. The second-order valence-corrected chi connectivity index (χ2v) is 6.58. The fourth-order valence-electron chi connectivity index (χ4n) is 2.80. The van der Waals surface area contributed by atoms with Crippen molar-refractivity contribution in [1.82, 2.24) is 4.98 Å². The third kappa shape index (κ3) is 4.93. The number of benzene rings is 2. The van der Waals surface area contributed by atoms with Crippen LogP contribution in [0, 0.1) is 6.92 Å². The highest BCUT2D eigenvalue weighted by molar-refractivity contribution is 6.18. The van der Waals surface area contributed by atoms with Gasteiger partial charge in [-0.25, -0.2) is 4.79 Å². The van der Waals surface area contributed by atoms with E-state index in [9.17, 15) is 14.7 Å². The molecule has 0 aliphatic rings. The lowest BCUT2D eigenvalue weighted by molar-refractivity contribution is -0.137. The van der Waals surface area contributed by atoms with Crippen molar-refractivity contribution < 1.29 is 14.7 Å². The molecule has 1 unspecified atom stereocenters. The number of amides is 1. The Hall–Kier alpha value is -3.80. The molecule has 3 aromatic rings. The summed E-state index contributed by atoms with van der Waals surface area (Å²) in [4.78, 5) is 32.6. The van der Waals surface area contributed by atoms with E-state index in [2.05, 4.69) is 15.3 Å². The van der Waals surface area contributed by atoms with Gasteiger partial charge in [-0.2, -0.15) is 0 Å². The molecular weight excluding hydrogens is 366 g/mol. The van der Waals surface area contributed by atoms with E-state index in [1.807, 2.05) is 55.5 Å². The third-order valence-electron chi connectivity index (χ3n) is 4.30. The maximum atomic E-state index is 12.7. The van der Waals surface area contributed by atoms with E-state index in [4.69, 9.17) is 0 Å². The monoisotopic (exact) mass is 387 g/mol. The van der Waals surface area contributed by atoms with E-state index in [1.54, 1.807) is 24.4 Å². The van der Waals surface area contributed by atoms with Crippen LogP contribution in [0.1, 0.15) is 34.1 Å². The second-order valence-electron chi connectivity index (χ2n) is 6.58. The number of nitrogens with one attached hydrogen (secondary N) is 1. The Balaban J connectivity index is 2.09. The molecule has 146 valence electrons. The summed E-state index contributed by atoms with van der Waals surface area (Å²) in [6.45, 7) is 3.44. The summed E-state index contributed by atoms with van der Waals surface area (Å²) in [6.07, 6.45) is 1.55. The first-order valence-electron chi connectivity index (χ1n) is 9.15. The van der Waals surface area contributed by atoms with Crippen LogP contribution in [-0.4, -0.2) is 33.7 Å². The number of carboxylic acid groups (broad SMARTS) is 1. The number of anilines is 1. The molecule has 0 bridgehead atoms. The zero-order valence-electron chi connectivity index (χ0n) is 16.2. The van der Waals surface area contributed by atoms with Crippen molar-refractivity contribution in [3.05, 3.63) is 95.3 Å². The van der Waals surface area contributed by atoms with Crippen LogP contribution in [0.5, 0.6) is 0 Å². The summed E-state index contributed by atoms with van der Waals surface area (Å²) in [5.74, 6) is -1.37. The molecule has 1 amide bonds. The molecule has 6 nitrogen and oxygen atoms in total. The number of carbonyl (C=O) groups excluding carboxylic acids is 1. The topological polar surface area (TPSA) is 91.6 Å². The van der Waals surface area contributed by atoms with Crippen LogP contribution in [0.15, 0.2) is 77.9 Å². The van der Waals surface area contributed by atoms with Crippen LogP contribution in [0.4, 0.5) is 5.69 Å². The van der Waals surface area contributed by atoms with Crippen LogP contribution in [0.3, 0.4) is 0 Å². The number of hydrogen-bond donors (Lipinski definition) is 2. The van der Waals surface area contributed by atoms with Crippen LogP contribution in [-0.2, 0) is 4.79 Å². The van der Waals surface area contributed by atoms with E-state index in [-0.39, 0.29) is 11.6 Å². The molecule has 0 fully saturated rings. The Morgan fingerprint density at radius 3 is 2.41 bits per heavy atom. The number of aliphatic carboxylic acids is 1. The van der Waals surface area contributed by atoms with Gasteiger partial charge in [0, 0.05) is 17.3 Å². The zero-order valence-corrected chi connectivity index (χ0v) is 16.2. The fraction of sp³-hybridized carbons (Fsp3) is 0.130. The smallest absolute Gasteiger partial charge is 0.328 e. The Kier molecular flexibility index (Phi) is 6.14. The van der Waals surface area contributed by atoms with Crippen molar-refractivity contribution in [3.8, 4) is 0 Å². The quantitative estimate of drug-likeness (QED) is 0.627. The molecule has 2 N–H and O–H groups in total. The van der Waals surface area contributed by atoms with Gasteiger partial charge in [0.05, 0.1) is 11.4 Å². The van der Waals surface area contributed by atoms with Gasteiger partial charge in [-0.05, 0) is 37.6 Å². The SMILES string of the molecule is Cc1ccc(C(=NC(C)C(=O)O)c2ccccc2)c(NC(=O)c2ccccn2)c1. The lowest BCUT2D eigenvalue weighted by atomic mass is 9.98. The second kappa shape index (κ2) is 8.93. The van der Waals surface area contributed by atoms with E-state index in [0.29, 0.717) is 17.0 Å². The lowest BCUT2D eigenvalue weighted by Crippen LogP contribution is -2.20. The molecule has 1 atom stereocenters. The van der Waals surface area contributed by atoms with Gasteiger partial charge < -0.3 is 10.4 Å². The van der Waals surface area contributed by atoms with Crippen LogP contribution in [0.2, 0.25) is 0 Å². The number of carbonyl (C=O) groups is 2. The van der Waals surface area contributed by atoms with Gasteiger partial charge in [0.2, 0.25) is 0 Å². The first kappa shape index (κ1) is 19.9. The Morgan fingerprint density at radius 2 is 1.76 bits per heavy atom. The van der Waals surface area contributed by atoms with Crippen molar-refractivity contribution in [2.24, 2.45) is 4.99 Å². The summed E-state index contributed by atoms with van der Waals surface area (Å²) in [5.41, 5.74) is 3.68. The van der Waals surface area contributed by atoms with Gasteiger partial charge >= 0.3 is 5.97 Å². The third-order valence-corrected chi connectivity index (χ3v) is 4.30. The highest BCUT2D eigenvalue weighted by Crippen LogP contribution is 2.23. The summed E-state index contributed by atoms with van der Waals surface area (Å²) in [5, 5.41) is 12.2. The standard InChI is InChI=1S/C23H21N3O3/c1-15-11-12-18(20(14-15)26-22(27)19-10-6-7-13-24-19)21(25-16(2)23(28)29)17-8-4-3-5-9-17/h3-14,16H,1-2H3,(H,26,27)(H,28,29). The number of aromatic nitrogens is 1. The molecule has 3 rings (SSSR count). The van der Waals surface area contributed by atoms with E-state index in [0.717, 1.165) is 11.1 Å². The molecule has 29 heavy (non-hydrogen) atoms. The highest BCUT2D eigenvalue weighted by atomic mass is 16.4. The lowest BCUT2D eigenvalue weighted by Gasteiger charge is -2.16. The minimum atomic E-state index is -1.02. The minimum absolute atomic E-state index is 0.289. The number of carboxylic acids is 1. The summed E-state index contributed by atoms with van der Waals surface area (Å²) in [6, 6.07) is 19.0. The molecule has 1 aromatic heterocycles. The molecule has 0 radical (unpaired) electrons. The van der Waals surface area contributed by atoms with Crippen molar-refractivity contribution in [1.29, 1.82) is 0 Å². The highest BCUT2D eigenvalue weighted by Gasteiger charge is 2.18. The molecule has 0 saturated carbocycles. The maximum Gasteiger partial charge on any atom is 0.328 e. The normalized spacial score (nSPS) is 12.3. The summed E-state index contributed by atoms with van der Waals surface area (Å²) >= 11 is 0. The first-order chi connectivity index (χ1) is 14.0. The van der Waals surface area contributed by atoms with Crippen LogP contribution >= 0.6 is 0 Å². The molecule has 1 heterocycles. The van der Waals surface area contributed by atoms with Gasteiger partial charge in [-0.15, -0.1) is 0 Å².